The fraction of sp³-hybridized carbons (Fsp3) is 0.500. The first kappa shape index (κ1) is 14.7. The lowest BCUT2D eigenvalue weighted by molar-refractivity contribution is -0.132. The van der Waals surface area contributed by atoms with E-state index >= 15 is 0 Å². The Morgan fingerprint density at radius 2 is 2.05 bits per heavy atom. The SMILES string of the molecule is CC1CCN(C(=O)CCc2nc(-c3ccncc3)no2)CC1. The normalized spacial score (nSPS) is 16.0. The van der Waals surface area contributed by atoms with Gasteiger partial charge in [-0.05, 0) is 30.9 Å². The topological polar surface area (TPSA) is 72.1 Å². The van der Waals surface area contributed by atoms with E-state index in [4.69, 9.17) is 4.52 Å². The smallest absolute Gasteiger partial charge is 0.227 e. The number of hydrogen-bond acceptors (Lipinski definition) is 5. The van der Waals surface area contributed by atoms with Gasteiger partial charge < -0.3 is 9.42 Å². The first-order valence-corrected chi connectivity index (χ1v) is 7.73. The van der Waals surface area contributed by atoms with Crippen molar-refractivity contribution in [3.8, 4) is 11.4 Å². The van der Waals surface area contributed by atoms with Crippen LogP contribution in [0.3, 0.4) is 0 Å². The minimum Gasteiger partial charge on any atom is -0.343 e. The summed E-state index contributed by atoms with van der Waals surface area (Å²) in [5.41, 5.74) is 0.862. The van der Waals surface area contributed by atoms with Crippen LogP contribution in [0.25, 0.3) is 11.4 Å². The maximum atomic E-state index is 12.2. The van der Waals surface area contributed by atoms with E-state index in [1.165, 1.54) is 0 Å². The second-order valence-corrected chi connectivity index (χ2v) is 5.81. The summed E-state index contributed by atoms with van der Waals surface area (Å²) in [6, 6.07) is 3.66. The number of pyridine rings is 1. The second-order valence-electron chi connectivity index (χ2n) is 5.81. The van der Waals surface area contributed by atoms with Crippen LogP contribution in [0.2, 0.25) is 0 Å². The zero-order chi connectivity index (χ0) is 15.4. The van der Waals surface area contributed by atoms with Gasteiger partial charge in [-0.3, -0.25) is 9.78 Å². The summed E-state index contributed by atoms with van der Waals surface area (Å²) < 4.78 is 5.22. The molecule has 116 valence electrons. The number of aryl methyl sites for hydroxylation is 1. The zero-order valence-electron chi connectivity index (χ0n) is 12.7. The average Bonchev–Trinajstić information content (AvgIpc) is 3.03. The van der Waals surface area contributed by atoms with E-state index in [-0.39, 0.29) is 5.91 Å². The molecule has 3 rings (SSSR count). The standard InChI is InChI=1S/C16H20N4O2/c1-12-6-10-20(11-7-12)15(21)3-2-14-18-16(19-22-14)13-4-8-17-9-5-13/h4-5,8-9,12H,2-3,6-7,10-11H2,1H3. The zero-order valence-corrected chi connectivity index (χ0v) is 12.7. The quantitative estimate of drug-likeness (QED) is 0.866. The Hall–Kier alpha value is -2.24. The van der Waals surface area contributed by atoms with Crippen LogP contribution in [0.5, 0.6) is 0 Å². The molecule has 0 aliphatic carbocycles. The average molecular weight is 300 g/mol. The van der Waals surface area contributed by atoms with E-state index in [0.717, 1.165) is 37.4 Å². The molecule has 1 amide bonds. The summed E-state index contributed by atoms with van der Waals surface area (Å²) in [4.78, 5) is 22.4. The molecule has 6 nitrogen and oxygen atoms in total. The highest BCUT2D eigenvalue weighted by atomic mass is 16.5. The number of likely N-dealkylation sites (tertiary alicyclic amines) is 1. The fourth-order valence-electron chi connectivity index (χ4n) is 2.60. The number of carbonyl (C=O) groups is 1. The van der Waals surface area contributed by atoms with Gasteiger partial charge in [-0.15, -0.1) is 0 Å². The number of hydrogen-bond donors (Lipinski definition) is 0. The molecule has 2 aromatic heterocycles. The van der Waals surface area contributed by atoms with Crippen molar-refractivity contribution in [3.63, 3.8) is 0 Å². The van der Waals surface area contributed by atoms with Crippen molar-refractivity contribution >= 4 is 5.91 Å². The van der Waals surface area contributed by atoms with Gasteiger partial charge in [0.15, 0.2) is 0 Å². The Labute approximate surface area is 129 Å². The van der Waals surface area contributed by atoms with Crippen LogP contribution in [0, 0.1) is 5.92 Å². The van der Waals surface area contributed by atoms with Gasteiger partial charge in [-0.25, -0.2) is 0 Å². The molecule has 0 radical (unpaired) electrons. The van der Waals surface area contributed by atoms with Crippen LogP contribution >= 0.6 is 0 Å². The van der Waals surface area contributed by atoms with E-state index in [9.17, 15) is 4.79 Å². The van der Waals surface area contributed by atoms with Gasteiger partial charge >= 0.3 is 0 Å². The van der Waals surface area contributed by atoms with Crippen molar-refractivity contribution in [2.75, 3.05) is 13.1 Å². The molecule has 0 saturated carbocycles. The second kappa shape index (κ2) is 6.68. The lowest BCUT2D eigenvalue weighted by Gasteiger charge is -2.30. The largest absolute Gasteiger partial charge is 0.343 e. The van der Waals surface area contributed by atoms with Crippen molar-refractivity contribution in [1.82, 2.24) is 20.0 Å². The van der Waals surface area contributed by atoms with Crippen LogP contribution in [0.4, 0.5) is 0 Å². The van der Waals surface area contributed by atoms with E-state index in [1.54, 1.807) is 12.4 Å². The van der Waals surface area contributed by atoms with Crippen LogP contribution < -0.4 is 0 Å². The lowest BCUT2D eigenvalue weighted by Crippen LogP contribution is -2.38. The highest BCUT2D eigenvalue weighted by Crippen LogP contribution is 2.18. The fourth-order valence-corrected chi connectivity index (χ4v) is 2.60. The third kappa shape index (κ3) is 3.50. The minimum absolute atomic E-state index is 0.176. The Bertz CT molecular complexity index is 618. The van der Waals surface area contributed by atoms with Gasteiger partial charge in [-0.1, -0.05) is 12.1 Å². The van der Waals surface area contributed by atoms with Crippen molar-refractivity contribution < 1.29 is 9.32 Å². The Kier molecular flexibility index (Phi) is 4.46. The maximum absolute atomic E-state index is 12.2. The number of rotatable bonds is 4. The highest BCUT2D eigenvalue weighted by Gasteiger charge is 2.20. The van der Waals surface area contributed by atoms with E-state index in [1.807, 2.05) is 17.0 Å². The van der Waals surface area contributed by atoms with Gasteiger partial charge in [0.05, 0.1) is 0 Å². The molecule has 0 unspecified atom stereocenters. The van der Waals surface area contributed by atoms with Crippen molar-refractivity contribution in [3.05, 3.63) is 30.4 Å². The van der Waals surface area contributed by atoms with Crippen LogP contribution in [0.1, 0.15) is 32.1 Å². The monoisotopic (exact) mass is 300 g/mol. The summed E-state index contributed by atoms with van der Waals surface area (Å²) in [6.45, 7) is 3.97. The molecule has 3 heterocycles. The van der Waals surface area contributed by atoms with Gasteiger partial charge in [0, 0.05) is 43.9 Å². The summed E-state index contributed by atoms with van der Waals surface area (Å²) in [5, 5.41) is 3.95. The third-order valence-electron chi connectivity index (χ3n) is 4.10. The summed E-state index contributed by atoms with van der Waals surface area (Å²) >= 11 is 0. The molecule has 1 saturated heterocycles. The van der Waals surface area contributed by atoms with Crippen molar-refractivity contribution in [2.24, 2.45) is 5.92 Å². The molecule has 0 bridgehead atoms. The molecular formula is C16H20N4O2. The van der Waals surface area contributed by atoms with E-state index in [2.05, 4.69) is 22.0 Å². The Balaban J connectivity index is 1.54. The Morgan fingerprint density at radius 1 is 1.32 bits per heavy atom. The first-order chi connectivity index (χ1) is 10.7. The summed E-state index contributed by atoms with van der Waals surface area (Å²) in [6.07, 6.45) is 6.48. The minimum atomic E-state index is 0.176. The molecule has 2 aromatic rings. The molecule has 1 fully saturated rings. The molecule has 1 aliphatic rings. The molecule has 1 aliphatic heterocycles. The maximum Gasteiger partial charge on any atom is 0.227 e. The summed E-state index contributed by atoms with van der Waals surface area (Å²) in [7, 11) is 0. The van der Waals surface area contributed by atoms with Crippen molar-refractivity contribution in [2.45, 2.75) is 32.6 Å². The predicted octanol–water partition coefficient (Wildman–Crippen LogP) is 2.32. The number of aromatic nitrogens is 3. The molecule has 0 N–H and O–H groups in total. The molecule has 0 aromatic carbocycles. The molecule has 6 heteroatoms. The van der Waals surface area contributed by atoms with Crippen LogP contribution in [-0.2, 0) is 11.2 Å². The number of piperidine rings is 1. The molecule has 22 heavy (non-hydrogen) atoms. The highest BCUT2D eigenvalue weighted by molar-refractivity contribution is 5.76. The molecule has 0 spiro atoms. The molecule has 0 atom stereocenters. The van der Waals surface area contributed by atoms with Gasteiger partial charge in [0.2, 0.25) is 17.6 Å². The number of amides is 1. The van der Waals surface area contributed by atoms with E-state index < -0.39 is 0 Å². The third-order valence-corrected chi connectivity index (χ3v) is 4.10. The Morgan fingerprint density at radius 3 is 2.77 bits per heavy atom. The van der Waals surface area contributed by atoms with Gasteiger partial charge in [0.25, 0.3) is 0 Å². The van der Waals surface area contributed by atoms with Gasteiger partial charge in [0.1, 0.15) is 0 Å². The molecular weight excluding hydrogens is 280 g/mol. The number of nitrogens with zero attached hydrogens (tertiary/aromatic N) is 4. The van der Waals surface area contributed by atoms with E-state index in [0.29, 0.717) is 24.6 Å². The van der Waals surface area contributed by atoms with Gasteiger partial charge in [-0.2, -0.15) is 4.98 Å². The first-order valence-electron chi connectivity index (χ1n) is 7.73. The number of carbonyl (C=O) groups excluding carboxylic acids is 1. The van der Waals surface area contributed by atoms with Crippen molar-refractivity contribution in [1.29, 1.82) is 0 Å². The van der Waals surface area contributed by atoms with Crippen LogP contribution in [-0.4, -0.2) is 39.0 Å². The lowest BCUT2D eigenvalue weighted by atomic mass is 9.99. The predicted molar refractivity (Wildman–Crippen MR) is 80.8 cm³/mol. The van der Waals surface area contributed by atoms with Crippen LogP contribution in [0.15, 0.2) is 29.0 Å². The summed E-state index contributed by atoms with van der Waals surface area (Å²) in [5.74, 6) is 1.95.